The normalized spacial score (nSPS) is 18.8. The molecular formula is C18H30BrIN4O. The lowest BCUT2D eigenvalue weighted by Crippen LogP contribution is -2.50. The van der Waals surface area contributed by atoms with E-state index in [0.717, 1.165) is 49.8 Å². The lowest BCUT2D eigenvalue weighted by atomic mass is 10.2. The van der Waals surface area contributed by atoms with Crippen molar-refractivity contribution in [1.29, 1.82) is 0 Å². The summed E-state index contributed by atoms with van der Waals surface area (Å²) in [5.41, 5.74) is 1.22. The number of nitrogens with zero attached hydrogens (tertiary/aromatic N) is 2. The van der Waals surface area contributed by atoms with Crippen LogP contribution in [0.3, 0.4) is 0 Å². The molecule has 1 heterocycles. The second kappa shape index (κ2) is 12.1. The van der Waals surface area contributed by atoms with Crippen LogP contribution < -0.4 is 10.6 Å². The first-order chi connectivity index (χ1) is 11.6. The van der Waals surface area contributed by atoms with Crippen LogP contribution in [0.5, 0.6) is 0 Å². The molecule has 0 aliphatic carbocycles. The third-order valence-electron chi connectivity index (χ3n) is 3.94. The highest BCUT2D eigenvalue weighted by atomic mass is 127. The van der Waals surface area contributed by atoms with Crippen molar-refractivity contribution < 1.29 is 4.74 Å². The Bertz CT molecular complexity index is 524. The van der Waals surface area contributed by atoms with E-state index in [9.17, 15) is 0 Å². The number of ether oxygens (including phenoxy) is 1. The molecule has 0 saturated carbocycles. The summed E-state index contributed by atoms with van der Waals surface area (Å²) in [6, 6.07) is 8.29. The quantitative estimate of drug-likeness (QED) is 0.341. The fourth-order valence-corrected chi connectivity index (χ4v) is 3.07. The molecule has 2 rings (SSSR count). The number of hydrogen-bond donors (Lipinski definition) is 2. The average molecular weight is 525 g/mol. The molecule has 1 aromatic carbocycles. The zero-order valence-electron chi connectivity index (χ0n) is 15.3. The maximum Gasteiger partial charge on any atom is 0.191 e. The van der Waals surface area contributed by atoms with Crippen molar-refractivity contribution in [3.05, 3.63) is 34.3 Å². The minimum Gasteiger partial charge on any atom is -0.374 e. The van der Waals surface area contributed by atoms with Gasteiger partial charge in [-0.15, -0.1) is 24.0 Å². The van der Waals surface area contributed by atoms with E-state index in [0.29, 0.717) is 5.92 Å². The van der Waals surface area contributed by atoms with Crippen LogP contribution in [0.25, 0.3) is 0 Å². The molecule has 0 radical (unpaired) electrons. The third-order valence-corrected chi connectivity index (χ3v) is 4.47. The lowest BCUT2D eigenvalue weighted by Gasteiger charge is -2.34. The first-order valence-corrected chi connectivity index (χ1v) is 9.39. The van der Waals surface area contributed by atoms with E-state index in [4.69, 9.17) is 4.74 Å². The fraction of sp³-hybridized carbons (Fsp3) is 0.611. The van der Waals surface area contributed by atoms with Crippen LogP contribution in [0.2, 0.25) is 0 Å². The van der Waals surface area contributed by atoms with Crippen LogP contribution in [0.15, 0.2) is 33.7 Å². The minimum absolute atomic E-state index is 0. The molecular weight excluding hydrogens is 495 g/mol. The van der Waals surface area contributed by atoms with Crippen molar-refractivity contribution in [1.82, 2.24) is 15.5 Å². The smallest absolute Gasteiger partial charge is 0.191 e. The molecule has 1 unspecified atom stereocenters. The van der Waals surface area contributed by atoms with Crippen LogP contribution in [-0.4, -0.2) is 56.8 Å². The van der Waals surface area contributed by atoms with E-state index in [2.05, 4.69) is 62.4 Å². The summed E-state index contributed by atoms with van der Waals surface area (Å²) in [7, 11) is 1.80. The van der Waals surface area contributed by atoms with Gasteiger partial charge in [-0.1, -0.05) is 41.9 Å². The van der Waals surface area contributed by atoms with Crippen LogP contribution in [0.4, 0.5) is 0 Å². The third kappa shape index (κ3) is 8.70. The summed E-state index contributed by atoms with van der Waals surface area (Å²) in [6.07, 6.45) is 0.212. The zero-order valence-corrected chi connectivity index (χ0v) is 19.2. The van der Waals surface area contributed by atoms with Crippen LogP contribution in [0.1, 0.15) is 19.4 Å². The second-order valence-corrected chi connectivity index (χ2v) is 7.50. The summed E-state index contributed by atoms with van der Waals surface area (Å²) in [4.78, 5) is 6.77. The maximum absolute atomic E-state index is 5.87. The topological polar surface area (TPSA) is 48.9 Å². The van der Waals surface area contributed by atoms with Gasteiger partial charge in [-0.25, -0.2) is 0 Å². The van der Waals surface area contributed by atoms with Gasteiger partial charge >= 0.3 is 0 Å². The highest BCUT2D eigenvalue weighted by molar-refractivity contribution is 14.0. The molecule has 5 nitrogen and oxygen atoms in total. The van der Waals surface area contributed by atoms with Crippen molar-refractivity contribution in [2.75, 3.05) is 39.8 Å². The van der Waals surface area contributed by atoms with Crippen molar-refractivity contribution >= 4 is 45.9 Å². The summed E-state index contributed by atoms with van der Waals surface area (Å²) in [6.45, 7) is 10.0. The molecule has 1 saturated heterocycles. The Labute approximate surface area is 177 Å². The molecule has 7 heteroatoms. The van der Waals surface area contributed by atoms with Crippen LogP contribution >= 0.6 is 39.9 Å². The number of rotatable bonds is 6. The van der Waals surface area contributed by atoms with Crippen LogP contribution in [0, 0.1) is 5.92 Å². The summed E-state index contributed by atoms with van der Waals surface area (Å²) < 4.78 is 6.96. The number of hydrogen-bond acceptors (Lipinski definition) is 3. The predicted octanol–water partition coefficient (Wildman–Crippen LogP) is 3.09. The van der Waals surface area contributed by atoms with Gasteiger partial charge < -0.3 is 15.4 Å². The van der Waals surface area contributed by atoms with Crippen molar-refractivity contribution in [2.24, 2.45) is 10.9 Å². The van der Waals surface area contributed by atoms with Crippen LogP contribution in [-0.2, 0) is 11.3 Å². The first kappa shape index (κ1) is 22.7. The fourth-order valence-electron chi connectivity index (χ4n) is 2.81. The van der Waals surface area contributed by atoms with E-state index in [1.165, 1.54) is 5.56 Å². The average Bonchev–Trinajstić information content (AvgIpc) is 2.56. The molecule has 1 aliphatic rings. The van der Waals surface area contributed by atoms with E-state index in [1.54, 1.807) is 7.05 Å². The summed E-state index contributed by atoms with van der Waals surface area (Å²) in [5, 5.41) is 6.72. The lowest BCUT2D eigenvalue weighted by molar-refractivity contribution is -0.0284. The van der Waals surface area contributed by atoms with Gasteiger partial charge in [0.15, 0.2) is 5.96 Å². The largest absolute Gasteiger partial charge is 0.374 e. The number of nitrogens with one attached hydrogen (secondary N) is 2. The van der Waals surface area contributed by atoms with E-state index in [1.807, 2.05) is 12.1 Å². The Morgan fingerprint density at radius 1 is 1.32 bits per heavy atom. The number of morpholine rings is 1. The second-order valence-electron chi connectivity index (χ2n) is 6.58. The predicted molar refractivity (Wildman–Crippen MR) is 119 cm³/mol. The first-order valence-electron chi connectivity index (χ1n) is 8.59. The molecule has 1 aromatic rings. The molecule has 0 amide bonds. The Balaban J connectivity index is 0.00000312. The van der Waals surface area contributed by atoms with Crippen molar-refractivity contribution in [3.8, 4) is 0 Å². The Morgan fingerprint density at radius 3 is 2.68 bits per heavy atom. The van der Waals surface area contributed by atoms with Gasteiger partial charge in [0, 0.05) is 44.2 Å². The van der Waals surface area contributed by atoms with Gasteiger partial charge in [0.05, 0.1) is 12.7 Å². The van der Waals surface area contributed by atoms with Gasteiger partial charge in [-0.05, 0) is 23.6 Å². The highest BCUT2D eigenvalue weighted by Gasteiger charge is 2.20. The molecule has 1 aliphatic heterocycles. The maximum atomic E-state index is 5.87. The monoisotopic (exact) mass is 524 g/mol. The van der Waals surface area contributed by atoms with E-state index < -0.39 is 0 Å². The molecule has 0 bridgehead atoms. The number of guanidine groups is 1. The van der Waals surface area contributed by atoms with Gasteiger partial charge in [0.2, 0.25) is 0 Å². The zero-order chi connectivity index (χ0) is 17.4. The molecule has 2 N–H and O–H groups in total. The van der Waals surface area contributed by atoms with E-state index in [-0.39, 0.29) is 30.1 Å². The van der Waals surface area contributed by atoms with Crippen molar-refractivity contribution in [3.63, 3.8) is 0 Å². The molecule has 0 spiro atoms. The number of halogens is 2. The van der Waals surface area contributed by atoms with Crippen molar-refractivity contribution in [2.45, 2.75) is 26.5 Å². The summed E-state index contributed by atoms with van der Waals surface area (Å²) in [5.74, 6) is 1.50. The SMILES string of the molecule is CN=C(NCc1ccc(Br)cc1)NCC1CN(CC(C)C)CCO1.I. The van der Waals surface area contributed by atoms with Gasteiger partial charge in [0.25, 0.3) is 0 Å². The standard InChI is InChI=1S/C18H29BrN4O.HI/c1-14(2)12-23-8-9-24-17(13-23)11-22-18(20-3)21-10-15-4-6-16(19)7-5-15;/h4-7,14,17H,8-13H2,1-3H3,(H2,20,21,22);1H. The molecule has 1 fully saturated rings. The van der Waals surface area contributed by atoms with E-state index >= 15 is 0 Å². The Hall–Kier alpha value is -0.380. The molecule has 142 valence electrons. The Morgan fingerprint density at radius 2 is 2.04 bits per heavy atom. The minimum atomic E-state index is 0. The van der Waals surface area contributed by atoms with Gasteiger partial charge in [-0.2, -0.15) is 0 Å². The summed E-state index contributed by atoms with van der Waals surface area (Å²) >= 11 is 3.45. The number of benzene rings is 1. The Kier molecular flexibility index (Phi) is 11.0. The molecule has 25 heavy (non-hydrogen) atoms. The molecule has 1 atom stereocenters. The highest BCUT2D eigenvalue weighted by Crippen LogP contribution is 2.10. The number of aliphatic imine (C=N–C) groups is 1. The van der Waals surface area contributed by atoms with Gasteiger partial charge in [-0.3, -0.25) is 9.89 Å². The van der Waals surface area contributed by atoms with Gasteiger partial charge in [0.1, 0.15) is 0 Å². The molecule has 0 aromatic heterocycles.